The average Bonchev–Trinajstić information content (AvgIpc) is 2.93. The molecule has 0 atom stereocenters. The van der Waals surface area contributed by atoms with Crippen molar-refractivity contribution in [3.05, 3.63) is 63.3 Å². The van der Waals surface area contributed by atoms with E-state index in [0.717, 1.165) is 0 Å². The zero-order valence-corrected chi connectivity index (χ0v) is 15.3. The second-order valence-electron chi connectivity index (χ2n) is 5.33. The number of carbonyl (C=O) groups is 2. The van der Waals surface area contributed by atoms with Crippen LogP contribution in [-0.4, -0.2) is 25.0 Å². The molecule has 0 bridgehead atoms. The van der Waals surface area contributed by atoms with Gasteiger partial charge in [0.25, 0.3) is 0 Å². The van der Waals surface area contributed by atoms with E-state index >= 15 is 0 Å². The molecule has 134 valence electrons. The van der Waals surface area contributed by atoms with Gasteiger partial charge in [-0.25, -0.2) is 4.79 Å². The van der Waals surface area contributed by atoms with E-state index in [1.165, 1.54) is 6.08 Å². The van der Waals surface area contributed by atoms with Crippen molar-refractivity contribution >= 4 is 41.0 Å². The Morgan fingerprint density at radius 1 is 1.23 bits per heavy atom. The van der Waals surface area contributed by atoms with Gasteiger partial charge in [0.05, 0.1) is 22.2 Å². The zero-order valence-electron chi connectivity index (χ0n) is 13.8. The van der Waals surface area contributed by atoms with Gasteiger partial charge >= 0.3 is 5.97 Å². The van der Waals surface area contributed by atoms with Gasteiger partial charge in [0.1, 0.15) is 11.5 Å². The Labute approximate surface area is 160 Å². The van der Waals surface area contributed by atoms with Crippen LogP contribution in [0.5, 0.6) is 11.5 Å². The number of Topliss-reactive ketones (excluding diaryl/α,β-unsaturated/α-hetero) is 1. The normalized spacial score (nSPS) is 14.1. The number of carbonyl (C=O) groups excluding carboxylic acids is 2. The number of hydrogen-bond donors (Lipinski definition) is 0. The summed E-state index contributed by atoms with van der Waals surface area (Å²) >= 11 is 12.1. The molecule has 1 aliphatic rings. The van der Waals surface area contributed by atoms with Gasteiger partial charge in [0.2, 0.25) is 5.78 Å². The van der Waals surface area contributed by atoms with E-state index < -0.39 is 5.97 Å². The van der Waals surface area contributed by atoms with Gasteiger partial charge in [-0.15, -0.1) is 0 Å². The van der Waals surface area contributed by atoms with Gasteiger partial charge < -0.3 is 14.2 Å². The van der Waals surface area contributed by atoms with Gasteiger partial charge in [-0.05, 0) is 36.8 Å². The van der Waals surface area contributed by atoms with E-state index in [0.29, 0.717) is 32.7 Å². The van der Waals surface area contributed by atoms with E-state index in [-0.39, 0.29) is 24.8 Å². The Bertz CT molecular complexity index is 905. The Morgan fingerprint density at radius 3 is 2.81 bits per heavy atom. The molecule has 5 nitrogen and oxygen atoms in total. The van der Waals surface area contributed by atoms with Crippen LogP contribution < -0.4 is 9.47 Å². The lowest BCUT2D eigenvalue weighted by Gasteiger charge is -2.06. The summed E-state index contributed by atoms with van der Waals surface area (Å²) in [5.74, 6) is 0.133. The minimum atomic E-state index is -0.471. The lowest BCUT2D eigenvalue weighted by molar-refractivity contribution is -0.145. The number of ether oxygens (including phenoxy) is 3. The topological polar surface area (TPSA) is 61.8 Å². The van der Waals surface area contributed by atoms with Crippen molar-refractivity contribution in [2.45, 2.75) is 6.92 Å². The van der Waals surface area contributed by atoms with Gasteiger partial charge in [0, 0.05) is 6.07 Å². The van der Waals surface area contributed by atoms with Crippen molar-refractivity contribution in [1.82, 2.24) is 0 Å². The van der Waals surface area contributed by atoms with Crippen molar-refractivity contribution in [2.24, 2.45) is 0 Å². The molecular weight excluding hydrogens is 379 g/mol. The van der Waals surface area contributed by atoms with Crippen molar-refractivity contribution in [2.75, 3.05) is 13.2 Å². The first-order valence-corrected chi connectivity index (χ1v) is 8.56. The second-order valence-corrected chi connectivity index (χ2v) is 6.12. The molecule has 0 unspecified atom stereocenters. The molecule has 0 spiro atoms. The molecule has 1 aliphatic heterocycles. The van der Waals surface area contributed by atoms with E-state index in [1.54, 1.807) is 43.3 Å². The first-order valence-electron chi connectivity index (χ1n) is 7.80. The number of hydrogen-bond acceptors (Lipinski definition) is 5. The molecule has 0 saturated heterocycles. The van der Waals surface area contributed by atoms with Crippen LogP contribution in [0.1, 0.15) is 22.8 Å². The van der Waals surface area contributed by atoms with Crippen molar-refractivity contribution in [1.29, 1.82) is 0 Å². The smallest absolute Gasteiger partial charge is 0.344 e. The third-order valence-electron chi connectivity index (χ3n) is 3.57. The number of ketones is 1. The number of allylic oxidation sites excluding steroid dienone is 1. The first kappa shape index (κ1) is 18.3. The molecule has 7 heteroatoms. The third kappa shape index (κ3) is 3.84. The van der Waals surface area contributed by atoms with Crippen LogP contribution >= 0.6 is 23.2 Å². The van der Waals surface area contributed by atoms with Crippen molar-refractivity contribution in [3.63, 3.8) is 0 Å². The van der Waals surface area contributed by atoms with E-state index in [4.69, 9.17) is 37.4 Å². The molecule has 26 heavy (non-hydrogen) atoms. The van der Waals surface area contributed by atoms with Crippen LogP contribution in [0.25, 0.3) is 6.08 Å². The molecule has 0 fully saturated rings. The fraction of sp³-hybridized carbons (Fsp3) is 0.158. The highest BCUT2D eigenvalue weighted by molar-refractivity contribution is 6.43. The molecule has 3 rings (SSSR count). The first-order chi connectivity index (χ1) is 12.5. The predicted octanol–water partition coefficient (Wildman–Crippen LogP) is 4.55. The summed E-state index contributed by atoms with van der Waals surface area (Å²) < 4.78 is 15.8. The second kappa shape index (κ2) is 7.81. The SMILES string of the molecule is CCOC(=O)COc1ccc2c(c1)O/C(=C\c1cccc(Cl)c1Cl)C2=O. The van der Waals surface area contributed by atoms with Crippen molar-refractivity contribution < 1.29 is 23.8 Å². The standard InChI is InChI=1S/C19H14Cl2O5/c1-2-24-17(22)10-25-12-6-7-13-15(9-12)26-16(19(13)23)8-11-4-3-5-14(20)18(11)21/h3-9H,2,10H2,1H3/b16-8-. The highest BCUT2D eigenvalue weighted by Gasteiger charge is 2.28. The Kier molecular flexibility index (Phi) is 5.49. The van der Waals surface area contributed by atoms with E-state index in [1.807, 2.05) is 0 Å². The zero-order chi connectivity index (χ0) is 18.7. The third-order valence-corrected chi connectivity index (χ3v) is 4.41. The number of benzene rings is 2. The van der Waals surface area contributed by atoms with E-state index in [2.05, 4.69) is 0 Å². The number of fused-ring (bicyclic) bond motifs is 1. The minimum absolute atomic E-state index is 0.131. The predicted molar refractivity (Wildman–Crippen MR) is 98.0 cm³/mol. The lowest BCUT2D eigenvalue weighted by atomic mass is 10.1. The van der Waals surface area contributed by atoms with E-state index in [9.17, 15) is 9.59 Å². The molecule has 2 aromatic carbocycles. The summed E-state index contributed by atoms with van der Waals surface area (Å²) in [5.41, 5.74) is 0.979. The summed E-state index contributed by atoms with van der Waals surface area (Å²) in [6.45, 7) is 1.78. The molecule has 1 heterocycles. The minimum Gasteiger partial charge on any atom is -0.482 e. The van der Waals surface area contributed by atoms with Gasteiger partial charge in [0.15, 0.2) is 12.4 Å². The fourth-order valence-corrected chi connectivity index (χ4v) is 2.74. The van der Waals surface area contributed by atoms with Crippen LogP contribution in [0.4, 0.5) is 0 Å². The maximum atomic E-state index is 12.5. The fourth-order valence-electron chi connectivity index (χ4n) is 2.38. The summed E-state index contributed by atoms with van der Waals surface area (Å²) in [7, 11) is 0. The Balaban J connectivity index is 1.79. The van der Waals surface area contributed by atoms with Gasteiger partial charge in [-0.2, -0.15) is 0 Å². The average molecular weight is 393 g/mol. The number of rotatable bonds is 5. The monoisotopic (exact) mass is 392 g/mol. The maximum absolute atomic E-state index is 12.5. The number of esters is 1. The van der Waals surface area contributed by atoms with Gasteiger partial charge in [-0.3, -0.25) is 4.79 Å². The van der Waals surface area contributed by atoms with Crippen LogP contribution in [0.15, 0.2) is 42.2 Å². The van der Waals surface area contributed by atoms with Crippen LogP contribution in [0.3, 0.4) is 0 Å². The summed E-state index contributed by atoms with van der Waals surface area (Å²) in [4.78, 5) is 23.8. The molecule has 0 aliphatic carbocycles. The summed E-state index contributed by atoms with van der Waals surface area (Å²) in [5, 5.41) is 0.728. The highest BCUT2D eigenvalue weighted by atomic mass is 35.5. The molecule has 0 saturated carbocycles. The van der Waals surface area contributed by atoms with Crippen LogP contribution in [0.2, 0.25) is 10.0 Å². The molecule has 2 aromatic rings. The molecule has 0 aromatic heterocycles. The molecule has 0 N–H and O–H groups in total. The van der Waals surface area contributed by atoms with Gasteiger partial charge in [-0.1, -0.05) is 35.3 Å². The molecular formula is C19H14Cl2O5. The van der Waals surface area contributed by atoms with Crippen LogP contribution in [0, 0.1) is 0 Å². The lowest BCUT2D eigenvalue weighted by Crippen LogP contribution is -2.14. The Morgan fingerprint density at radius 2 is 2.04 bits per heavy atom. The molecule has 0 amide bonds. The molecule has 0 radical (unpaired) electrons. The maximum Gasteiger partial charge on any atom is 0.344 e. The summed E-state index contributed by atoms with van der Waals surface area (Å²) in [6, 6.07) is 9.84. The highest BCUT2D eigenvalue weighted by Crippen LogP contribution is 2.36. The Hall–Kier alpha value is -2.50. The quantitative estimate of drug-likeness (QED) is 0.551. The number of halogens is 2. The van der Waals surface area contributed by atoms with Crippen molar-refractivity contribution in [3.8, 4) is 11.5 Å². The summed E-state index contributed by atoms with van der Waals surface area (Å²) in [6.07, 6.45) is 1.54. The largest absolute Gasteiger partial charge is 0.482 e. The van der Waals surface area contributed by atoms with Crippen LogP contribution in [-0.2, 0) is 9.53 Å².